The Hall–Kier alpha value is 3.92. The minimum Gasteiger partial charge on any atom is -0.365 e. The molecule has 1 N–H and O–H groups in total. The molecule has 0 saturated carbocycles. The van der Waals surface area contributed by atoms with Crippen molar-refractivity contribution in [2.75, 3.05) is 19.9 Å². The molecule has 0 unspecified atom stereocenters. The molecule has 9 heavy (non-hydrogen) atoms. The molecule has 2 nitrogen and oxygen atoms in total. The van der Waals surface area contributed by atoms with Crippen LogP contribution in [0.4, 0.5) is 0 Å². The van der Waals surface area contributed by atoms with Crippen molar-refractivity contribution in [2.45, 2.75) is 0 Å². The van der Waals surface area contributed by atoms with Crippen LogP contribution in [0.15, 0.2) is 0 Å². The predicted octanol–water partition coefficient (Wildman–Crippen LogP) is -1.96. The van der Waals surface area contributed by atoms with Crippen molar-refractivity contribution in [2.24, 2.45) is 0 Å². The van der Waals surface area contributed by atoms with Crippen molar-refractivity contribution >= 4 is 118 Å². The molecule has 0 aliphatic carbocycles. The molecule has 1 aliphatic rings. The van der Waals surface area contributed by atoms with Gasteiger partial charge in [-0.25, -0.2) is 0 Å². The first kappa shape index (κ1) is 23.1. The van der Waals surface area contributed by atoms with Crippen LogP contribution in [0.25, 0.3) is 0 Å². The molecular formula is C3H7NNa4O. The summed E-state index contributed by atoms with van der Waals surface area (Å²) in [5, 5.41) is 3.00. The summed E-state index contributed by atoms with van der Waals surface area (Å²) in [4.78, 5) is 0. The van der Waals surface area contributed by atoms with E-state index in [4.69, 9.17) is 4.74 Å². The monoisotopic (exact) mass is 165 g/mol. The molecule has 0 aromatic heterocycles. The van der Waals surface area contributed by atoms with E-state index in [1.165, 1.54) is 0 Å². The second-order valence-electron chi connectivity index (χ2n) is 1.05. The van der Waals surface area contributed by atoms with E-state index in [2.05, 4.69) is 5.32 Å². The normalized spacial score (nSPS) is 13.3. The Morgan fingerprint density at radius 2 is 1.56 bits per heavy atom. The molecular weight excluding hydrogens is 158 g/mol. The van der Waals surface area contributed by atoms with Crippen LogP contribution in [0.2, 0.25) is 0 Å². The maximum Gasteiger partial charge on any atom is 0.0966 e. The molecule has 1 fully saturated rings. The van der Waals surface area contributed by atoms with Crippen LogP contribution in [-0.4, -0.2) is 138 Å². The maximum atomic E-state index is 4.83. The van der Waals surface area contributed by atoms with Crippen LogP contribution in [0.3, 0.4) is 0 Å². The predicted molar refractivity (Wildman–Crippen MR) is 41.8 cm³/mol. The Morgan fingerprint density at radius 3 is 1.67 bits per heavy atom. The Bertz CT molecular complexity index is 27.4. The third-order valence-electron chi connectivity index (χ3n) is 0.627. The van der Waals surface area contributed by atoms with Crippen LogP contribution in [-0.2, 0) is 4.74 Å². The number of ether oxygens (including phenoxy) is 1. The van der Waals surface area contributed by atoms with E-state index in [1.807, 2.05) is 0 Å². The number of hydrogen-bond donors (Lipinski definition) is 1. The van der Waals surface area contributed by atoms with Gasteiger partial charge in [-0.05, 0) is 0 Å². The minimum absolute atomic E-state index is 0. The first-order chi connectivity index (χ1) is 2.50. The molecule has 1 rings (SSSR count). The van der Waals surface area contributed by atoms with Crippen molar-refractivity contribution in [1.29, 1.82) is 0 Å². The molecule has 6 heteroatoms. The zero-order valence-electron chi connectivity index (χ0n) is 7.03. The SMILES string of the molecule is C1COCN1.[Na].[Na].[Na].[Na]. The van der Waals surface area contributed by atoms with Crippen molar-refractivity contribution in [3.8, 4) is 0 Å². The fraction of sp³-hybridized carbons (Fsp3) is 1.00. The average molecular weight is 165 g/mol. The Morgan fingerprint density at radius 1 is 1.00 bits per heavy atom. The Kier molecular flexibility index (Phi) is 45.8. The molecule has 4 radical (unpaired) electrons. The summed E-state index contributed by atoms with van der Waals surface area (Å²) >= 11 is 0. The van der Waals surface area contributed by atoms with Crippen LogP contribution in [0, 0.1) is 0 Å². The molecule has 0 spiro atoms. The second-order valence-corrected chi connectivity index (χ2v) is 1.05. The number of rotatable bonds is 0. The molecule has 1 saturated heterocycles. The van der Waals surface area contributed by atoms with Gasteiger partial charge in [0.05, 0.1) is 13.3 Å². The van der Waals surface area contributed by atoms with E-state index in [0.717, 1.165) is 19.9 Å². The van der Waals surface area contributed by atoms with Gasteiger partial charge in [-0.3, -0.25) is 5.32 Å². The van der Waals surface area contributed by atoms with Crippen LogP contribution < -0.4 is 5.32 Å². The molecule has 34 valence electrons. The standard InChI is InChI=1S/C3H7NO.4Na/c1-2-5-3-4-1;;;;/h4H,1-3H2;;;;. The molecule has 0 aromatic rings. The van der Waals surface area contributed by atoms with Crippen LogP contribution in [0.5, 0.6) is 0 Å². The van der Waals surface area contributed by atoms with Gasteiger partial charge in [-0.1, -0.05) is 0 Å². The summed E-state index contributed by atoms with van der Waals surface area (Å²) in [5.41, 5.74) is 0. The third kappa shape index (κ3) is 14.7. The molecule has 1 heterocycles. The largest absolute Gasteiger partial charge is 0.365 e. The van der Waals surface area contributed by atoms with Gasteiger partial charge < -0.3 is 4.74 Å². The zero-order chi connectivity index (χ0) is 3.54. The van der Waals surface area contributed by atoms with Gasteiger partial charge in [0.15, 0.2) is 0 Å². The van der Waals surface area contributed by atoms with E-state index in [1.54, 1.807) is 0 Å². The van der Waals surface area contributed by atoms with E-state index < -0.39 is 0 Å². The van der Waals surface area contributed by atoms with Gasteiger partial charge in [-0.2, -0.15) is 0 Å². The second kappa shape index (κ2) is 17.9. The molecule has 0 aromatic carbocycles. The van der Waals surface area contributed by atoms with E-state index in [0.29, 0.717) is 0 Å². The van der Waals surface area contributed by atoms with E-state index in [-0.39, 0.29) is 118 Å². The van der Waals surface area contributed by atoms with Crippen LogP contribution in [0.1, 0.15) is 0 Å². The first-order valence-electron chi connectivity index (χ1n) is 1.78. The van der Waals surface area contributed by atoms with E-state index in [9.17, 15) is 0 Å². The summed E-state index contributed by atoms with van der Waals surface area (Å²) in [6.07, 6.45) is 0. The van der Waals surface area contributed by atoms with Gasteiger partial charge in [-0.15, -0.1) is 0 Å². The first-order valence-corrected chi connectivity index (χ1v) is 1.78. The minimum atomic E-state index is 0. The van der Waals surface area contributed by atoms with Gasteiger partial charge >= 0.3 is 0 Å². The summed E-state index contributed by atoms with van der Waals surface area (Å²) in [6, 6.07) is 0. The van der Waals surface area contributed by atoms with Gasteiger partial charge in [0, 0.05) is 125 Å². The Labute approximate surface area is 145 Å². The average Bonchev–Trinajstić information content (AvgIpc) is 1.76. The molecule has 1 aliphatic heterocycles. The summed E-state index contributed by atoms with van der Waals surface area (Å²) in [5.74, 6) is 0. The summed E-state index contributed by atoms with van der Waals surface area (Å²) in [6.45, 7) is 2.67. The quantitative estimate of drug-likeness (QED) is 0.421. The van der Waals surface area contributed by atoms with E-state index >= 15 is 0 Å². The molecule has 0 amide bonds. The number of hydrogen-bond acceptors (Lipinski definition) is 2. The van der Waals surface area contributed by atoms with Gasteiger partial charge in [0.25, 0.3) is 0 Å². The van der Waals surface area contributed by atoms with Crippen molar-refractivity contribution in [3.05, 3.63) is 0 Å². The Balaban J connectivity index is -0.0000000312. The van der Waals surface area contributed by atoms with Crippen molar-refractivity contribution in [3.63, 3.8) is 0 Å². The number of nitrogens with one attached hydrogen (secondary N) is 1. The smallest absolute Gasteiger partial charge is 0.0966 e. The topological polar surface area (TPSA) is 21.3 Å². The van der Waals surface area contributed by atoms with Gasteiger partial charge in [0.1, 0.15) is 0 Å². The third-order valence-corrected chi connectivity index (χ3v) is 0.627. The fourth-order valence-corrected chi connectivity index (χ4v) is 0.361. The molecule has 0 bridgehead atoms. The molecule has 0 atom stereocenters. The zero-order valence-corrected chi connectivity index (χ0v) is 15.0. The summed E-state index contributed by atoms with van der Waals surface area (Å²) in [7, 11) is 0. The van der Waals surface area contributed by atoms with Crippen molar-refractivity contribution in [1.82, 2.24) is 5.32 Å². The fourth-order valence-electron chi connectivity index (χ4n) is 0.361. The van der Waals surface area contributed by atoms with Crippen molar-refractivity contribution < 1.29 is 4.74 Å². The van der Waals surface area contributed by atoms with Gasteiger partial charge in [0.2, 0.25) is 0 Å². The summed E-state index contributed by atoms with van der Waals surface area (Å²) < 4.78 is 4.83. The van der Waals surface area contributed by atoms with Crippen LogP contribution >= 0.6 is 0 Å². The maximum absolute atomic E-state index is 4.83.